The summed E-state index contributed by atoms with van der Waals surface area (Å²) in [5, 5.41) is 0. The Bertz CT molecular complexity index is 1260. The summed E-state index contributed by atoms with van der Waals surface area (Å²) in [6.07, 6.45) is -4.44. The van der Waals surface area contributed by atoms with Crippen LogP contribution in [0.1, 0.15) is 28.4 Å². The minimum Gasteiger partial charge on any atom is -0.492 e. The third-order valence-corrected chi connectivity index (χ3v) is 6.47. The summed E-state index contributed by atoms with van der Waals surface area (Å²) in [5.74, 6) is 1.02. The number of ether oxygens (including phenoxy) is 3. The van der Waals surface area contributed by atoms with E-state index < -0.39 is 17.7 Å². The number of rotatable bonds is 10. The molecule has 0 radical (unpaired) electrons. The Morgan fingerprint density at radius 3 is 2.51 bits per heavy atom. The zero-order valence-electron chi connectivity index (χ0n) is 19.9. The Balaban J connectivity index is 1.33. The molecular formula is C27H24F3NO5S. The van der Waals surface area contributed by atoms with E-state index in [4.69, 9.17) is 14.2 Å². The molecule has 1 aliphatic rings. The van der Waals surface area contributed by atoms with Gasteiger partial charge in [0.05, 0.1) is 25.3 Å². The first-order chi connectivity index (χ1) is 17.8. The zero-order valence-corrected chi connectivity index (χ0v) is 20.7. The predicted molar refractivity (Wildman–Crippen MR) is 133 cm³/mol. The van der Waals surface area contributed by atoms with Gasteiger partial charge in [-0.3, -0.25) is 4.79 Å². The number of carbonyl (C=O) groups is 2. The number of halogens is 3. The normalized spacial score (nSPS) is 12.9. The molecule has 1 aliphatic heterocycles. The van der Waals surface area contributed by atoms with Crippen LogP contribution in [0.2, 0.25) is 0 Å². The summed E-state index contributed by atoms with van der Waals surface area (Å²) in [6, 6.07) is 17.0. The number of fused-ring (bicyclic) bond motifs is 1. The van der Waals surface area contributed by atoms with E-state index in [1.54, 1.807) is 43.0 Å². The summed E-state index contributed by atoms with van der Waals surface area (Å²) in [4.78, 5) is 26.8. The SMILES string of the molecule is CCOC(=O)COc1cccc(SCCOc2cccc3c2CN(c2ccc(C(F)(F)F)cc2)C3=O)c1. The molecule has 0 unspecified atom stereocenters. The second kappa shape index (κ2) is 11.6. The third-order valence-electron chi connectivity index (χ3n) is 5.51. The summed E-state index contributed by atoms with van der Waals surface area (Å²) < 4.78 is 54.9. The van der Waals surface area contributed by atoms with Crippen LogP contribution in [0.5, 0.6) is 11.5 Å². The van der Waals surface area contributed by atoms with Crippen molar-refractivity contribution in [3.05, 3.63) is 83.4 Å². The Morgan fingerprint density at radius 2 is 1.78 bits per heavy atom. The largest absolute Gasteiger partial charge is 0.492 e. The number of amides is 1. The average molecular weight is 532 g/mol. The second-order valence-corrected chi connectivity index (χ2v) is 9.15. The zero-order chi connectivity index (χ0) is 26.4. The van der Waals surface area contributed by atoms with Crippen molar-refractivity contribution in [2.75, 3.05) is 30.5 Å². The monoisotopic (exact) mass is 531 g/mol. The second-order valence-electron chi connectivity index (χ2n) is 7.98. The van der Waals surface area contributed by atoms with Crippen molar-refractivity contribution in [2.24, 2.45) is 0 Å². The van der Waals surface area contributed by atoms with E-state index in [0.29, 0.717) is 47.3 Å². The van der Waals surface area contributed by atoms with Crippen LogP contribution in [0, 0.1) is 0 Å². The molecule has 3 aromatic carbocycles. The number of hydrogen-bond acceptors (Lipinski definition) is 6. The average Bonchev–Trinajstić information content (AvgIpc) is 3.22. The van der Waals surface area contributed by atoms with Crippen molar-refractivity contribution in [1.82, 2.24) is 0 Å². The van der Waals surface area contributed by atoms with Gasteiger partial charge in [-0.15, -0.1) is 11.8 Å². The summed E-state index contributed by atoms with van der Waals surface area (Å²) >= 11 is 1.54. The molecular weight excluding hydrogens is 507 g/mol. The molecule has 1 amide bonds. The lowest BCUT2D eigenvalue weighted by molar-refractivity contribution is -0.145. The van der Waals surface area contributed by atoms with Gasteiger partial charge in [0.2, 0.25) is 0 Å². The van der Waals surface area contributed by atoms with Crippen LogP contribution in [0.15, 0.2) is 71.6 Å². The first kappa shape index (κ1) is 26.4. The first-order valence-electron chi connectivity index (χ1n) is 11.5. The molecule has 0 aromatic heterocycles. The highest BCUT2D eigenvalue weighted by molar-refractivity contribution is 7.99. The number of benzene rings is 3. The smallest absolute Gasteiger partial charge is 0.416 e. The maximum Gasteiger partial charge on any atom is 0.416 e. The van der Waals surface area contributed by atoms with Gasteiger partial charge in [-0.25, -0.2) is 4.79 Å². The number of nitrogens with zero attached hydrogens (tertiary/aromatic N) is 1. The molecule has 4 rings (SSSR count). The van der Waals surface area contributed by atoms with Crippen LogP contribution in [0.4, 0.5) is 18.9 Å². The maximum absolute atomic E-state index is 12.9. The molecule has 194 valence electrons. The Kier molecular flexibility index (Phi) is 8.27. The van der Waals surface area contributed by atoms with Crippen molar-refractivity contribution >= 4 is 29.3 Å². The Morgan fingerprint density at radius 1 is 1.03 bits per heavy atom. The minimum absolute atomic E-state index is 0.160. The minimum atomic E-state index is -4.44. The summed E-state index contributed by atoms with van der Waals surface area (Å²) in [6.45, 7) is 2.44. The fourth-order valence-electron chi connectivity index (χ4n) is 3.79. The van der Waals surface area contributed by atoms with Gasteiger partial charge in [-0.1, -0.05) is 12.1 Å². The van der Waals surface area contributed by atoms with E-state index in [1.807, 2.05) is 18.2 Å². The quantitative estimate of drug-likeness (QED) is 0.182. The fraction of sp³-hybridized carbons (Fsp3) is 0.259. The number of alkyl halides is 3. The molecule has 0 saturated carbocycles. The molecule has 0 bridgehead atoms. The molecule has 0 spiro atoms. The van der Waals surface area contributed by atoms with E-state index in [9.17, 15) is 22.8 Å². The van der Waals surface area contributed by atoms with Crippen LogP contribution in [-0.4, -0.2) is 37.4 Å². The van der Waals surface area contributed by atoms with E-state index >= 15 is 0 Å². The van der Waals surface area contributed by atoms with Crippen molar-refractivity contribution in [2.45, 2.75) is 24.5 Å². The number of anilines is 1. The number of hydrogen-bond donors (Lipinski definition) is 0. The van der Waals surface area contributed by atoms with Crippen molar-refractivity contribution < 1.29 is 37.0 Å². The van der Waals surface area contributed by atoms with Crippen molar-refractivity contribution in [3.63, 3.8) is 0 Å². The highest BCUT2D eigenvalue weighted by Gasteiger charge is 2.33. The van der Waals surface area contributed by atoms with Crippen LogP contribution in [-0.2, 0) is 22.3 Å². The number of esters is 1. The summed E-state index contributed by atoms with van der Waals surface area (Å²) in [5.41, 5.74) is 0.794. The molecule has 0 fully saturated rings. The number of carbonyl (C=O) groups excluding carboxylic acids is 2. The Hall–Kier alpha value is -3.66. The van der Waals surface area contributed by atoms with Crippen LogP contribution >= 0.6 is 11.8 Å². The molecule has 0 atom stereocenters. The Labute approximate surface area is 216 Å². The van der Waals surface area contributed by atoms with Crippen molar-refractivity contribution in [1.29, 1.82) is 0 Å². The lowest BCUT2D eigenvalue weighted by Crippen LogP contribution is -2.23. The van der Waals surface area contributed by atoms with Gasteiger partial charge in [-0.05, 0) is 61.5 Å². The van der Waals surface area contributed by atoms with Gasteiger partial charge in [0, 0.05) is 27.5 Å². The first-order valence-corrected chi connectivity index (χ1v) is 12.5. The predicted octanol–water partition coefficient (Wildman–Crippen LogP) is 5.98. The van der Waals surface area contributed by atoms with E-state index in [1.165, 1.54) is 17.0 Å². The molecule has 0 aliphatic carbocycles. The van der Waals surface area contributed by atoms with E-state index in [0.717, 1.165) is 17.0 Å². The topological polar surface area (TPSA) is 65.1 Å². The van der Waals surface area contributed by atoms with Gasteiger partial charge in [0.25, 0.3) is 5.91 Å². The van der Waals surface area contributed by atoms with Gasteiger partial charge < -0.3 is 19.1 Å². The lowest BCUT2D eigenvalue weighted by atomic mass is 10.1. The van der Waals surface area contributed by atoms with Gasteiger partial charge >= 0.3 is 12.1 Å². The van der Waals surface area contributed by atoms with Crippen LogP contribution in [0.3, 0.4) is 0 Å². The van der Waals surface area contributed by atoms with Gasteiger partial charge in [-0.2, -0.15) is 13.2 Å². The molecule has 37 heavy (non-hydrogen) atoms. The number of thioether (sulfide) groups is 1. The van der Waals surface area contributed by atoms with Crippen LogP contribution < -0.4 is 14.4 Å². The molecule has 0 N–H and O–H groups in total. The summed E-state index contributed by atoms with van der Waals surface area (Å²) in [7, 11) is 0. The molecule has 1 heterocycles. The fourth-order valence-corrected chi connectivity index (χ4v) is 4.57. The maximum atomic E-state index is 12.9. The molecule has 6 nitrogen and oxygen atoms in total. The highest BCUT2D eigenvalue weighted by atomic mass is 32.2. The standard InChI is InChI=1S/C27H24F3NO5S/c1-2-34-25(32)17-36-20-5-3-6-21(15-20)37-14-13-35-24-8-4-7-22-23(24)16-31(26(22)33)19-11-9-18(10-12-19)27(28,29)30/h3-12,15H,2,13-14,16-17H2,1H3. The molecule has 10 heteroatoms. The van der Waals surface area contributed by atoms with Gasteiger partial charge in [0.15, 0.2) is 6.61 Å². The van der Waals surface area contributed by atoms with E-state index in [2.05, 4.69) is 0 Å². The van der Waals surface area contributed by atoms with E-state index in [-0.39, 0.29) is 19.1 Å². The van der Waals surface area contributed by atoms with Gasteiger partial charge in [0.1, 0.15) is 11.5 Å². The molecule has 0 saturated heterocycles. The van der Waals surface area contributed by atoms with Crippen LogP contribution in [0.25, 0.3) is 0 Å². The highest BCUT2D eigenvalue weighted by Crippen LogP contribution is 2.36. The molecule has 3 aromatic rings. The van der Waals surface area contributed by atoms with Crippen molar-refractivity contribution in [3.8, 4) is 11.5 Å². The lowest BCUT2D eigenvalue weighted by Gasteiger charge is -2.17. The third kappa shape index (κ3) is 6.56.